The molecular formula is C26H29N5O2. The maximum absolute atomic E-state index is 12.9. The number of rotatable bonds is 6. The van der Waals surface area contributed by atoms with Crippen molar-refractivity contribution in [3.8, 4) is 16.9 Å². The Bertz CT molecular complexity index is 1110. The van der Waals surface area contributed by atoms with Crippen molar-refractivity contribution in [1.29, 1.82) is 0 Å². The van der Waals surface area contributed by atoms with Gasteiger partial charge < -0.3 is 9.80 Å². The lowest BCUT2D eigenvalue weighted by Gasteiger charge is -2.34. The van der Waals surface area contributed by atoms with Crippen LogP contribution in [0.15, 0.2) is 72.9 Å². The van der Waals surface area contributed by atoms with Crippen molar-refractivity contribution in [2.24, 2.45) is 0 Å². The molecule has 2 aromatic carbocycles. The molecule has 0 unspecified atom stereocenters. The van der Waals surface area contributed by atoms with Gasteiger partial charge in [0.2, 0.25) is 11.8 Å². The number of nitrogens with zero attached hydrogens (tertiary/aromatic N) is 5. The number of likely N-dealkylation sites (N-methyl/N-ethyl adjacent to an activating group) is 1. The minimum atomic E-state index is -0.0277. The van der Waals surface area contributed by atoms with E-state index in [2.05, 4.69) is 4.90 Å². The summed E-state index contributed by atoms with van der Waals surface area (Å²) in [7, 11) is 3.52. The predicted molar refractivity (Wildman–Crippen MR) is 130 cm³/mol. The lowest BCUT2D eigenvalue weighted by atomic mass is 10.1. The van der Waals surface area contributed by atoms with Gasteiger partial charge in [-0.3, -0.25) is 14.5 Å². The molecule has 3 aromatic rings. The van der Waals surface area contributed by atoms with E-state index in [4.69, 9.17) is 5.10 Å². The van der Waals surface area contributed by atoms with Crippen LogP contribution in [0.4, 0.5) is 0 Å². The third-order valence-electron chi connectivity index (χ3n) is 5.76. The standard InChI is InChI=1S/C26H29N5O2/c1-28(2)25(33)20-29-15-17-30(18-16-29)24(32)14-13-22-19-31(23-11-7-4-8-12-23)27-26(22)21-9-5-3-6-10-21/h3-14,19H,15-18,20H2,1-2H3/b14-13+. The Morgan fingerprint density at radius 1 is 0.939 bits per heavy atom. The molecule has 1 fully saturated rings. The molecule has 0 atom stereocenters. The van der Waals surface area contributed by atoms with Crippen LogP contribution in [-0.2, 0) is 9.59 Å². The van der Waals surface area contributed by atoms with Gasteiger partial charge in [0.15, 0.2) is 0 Å². The summed E-state index contributed by atoms with van der Waals surface area (Å²) in [6.07, 6.45) is 5.42. The molecule has 2 heterocycles. The third kappa shape index (κ3) is 5.56. The monoisotopic (exact) mass is 443 g/mol. The minimum absolute atomic E-state index is 0.0277. The van der Waals surface area contributed by atoms with Gasteiger partial charge in [-0.15, -0.1) is 0 Å². The molecule has 0 radical (unpaired) electrons. The molecule has 7 heteroatoms. The molecular weight excluding hydrogens is 414 g/mol. The van der Waals surface area contributed by atoms with E-state index in [9.17, 15) is 9.59 Å². The normalized spacial score (nSPS) is 14.5. The van der Waals surface area contributed by atoms with Crippen LogP contribution in [-0.4, -0.2) is 83.1 Å². The Morgan fingerprint density at radius 2 is 1.58 bits per heavy atom. The largest absolute Gasteiger partial charge is 0.348 e. The Balaban J connectivity index is 1.48. The van der Waals surface area contributed by atoms with E-state index in [0.29, 0.717) is 32.7 Å². The highest BCUT2D eigenvalue weighted by atomic mass is 16.2. The molecule has 1 saturated heterocycles. The van der Waals surface area contributed by atoms with Crippen molar-refractivity contribution in [2.75, 3.05) is 46.8 Å². The van der Waals surface area contributed by atoms with E-state index >= 15 is 0 Å². The summed E-state index contributed by atoms with van der Waals surface area (Å²) >= 11 is 0. The van der Waals surface area contributed by atoms with Crippen molar-refractivity contribution in [2.45, 2.75) is 0 Å². The molecule has 0 aliphatic carbocycles. The number of hydrogen-bond acceptors (Lipinski definition) is 4. The zero-order valence-electron chi connectivity index (χ0n) is 19.1. The van der Waals surface area contributed by atoms with Crippen LogP contribution in [0.5, 0.6) is 0 Å². The van der Waals surface area contributed by atoms with Gasteiger partial charge in [-0.1, -0.05) is 48.5 Å². The molecule has 33 heavy (non-hydrogen) atoms. The quantitative estimate of drug-likeness (QED) is 0.550. The molecule has 1 aliphatic rings. The van der Waals surface area contributed by atoms with Crippen LogP contribution in [0, 0.1) is 0 Å². The Morgan fingerprint density at radius 3 is 2.21 bits per heavy atom. The van der Waals surface area contributed by atoms with Gasteiger partial charge >= 0.3 is 0 Å². The lowest BCUT2D eigenvalue weighted by molar-refractivity contribution is -0.131. The molecule has 2 amide bonds. The lowest BCUT2D eigenvalue weighted by Crippen LogP contribution is -2.50. The molecule has 1 aromatic heterocycles. The fourth-order valence-electron chi connectivity index (χ4n) is 3.77. The van der Waals surface area contributed by atoms with E-state index < -0.39 is 0 Å². The van der Waals surface area contributed by atoms with Crippen molar-refractivity contribution in [3.05, 3.63) is 78.5 Å². The van der Waals surface area contributed by atoms with E-state index in [1.54, 1.807) is 25.1 Å². The first-order valence-electron chi connectivity index (χ1n) is 11.1. The first-order chi connectivity index (χ1) is 16.0. The molecule has 7 nitrogen and oxygen atoms in total. The molecule has 4 rings (SSSR count). The molecule has 1 aliphatic heterocycles. The van der Waals surface area contributed by atoms with Crippen molar-refractivity contribution in [3.63, 3.8) is 0 Å². The van der Waals surface area contributed by atoms with Gasteiger partial charge in [-0.2, -0.15) is 5.10 Å². The number of amides is 2. The van der Waals surface area contributed by atoms with Crippen LogP contribution < -0.4 is 0 Å². The number of para-hydroxylation sites is 1. The Labute approximate surface area is 194 Å². The maximum Gasteiger partial charge on any atom is 0.246 e. The number of hydrogen-bond donors (Lipinski definition) is 0. The van der Waals surface area contributed by atoms with E-state index in [1.807, 2.05) is 82.5 Å². The van der Waals surface area contributed by atoms with Crippen LogP contribution >= 0.6 is 0 Å². The van der Waals surface area contributed by atoms with Crippen LogP contribution in [0.3, 0.4) is 0 Å². The van der Waals surface area contributed by atoms with Crippen molar-refractivity contribution < 1.29 is 9.59 Å². The van der Waals surface area contributed by atoms with Gasteiger partial charge in [-0.05, 0) is 18.2 Å². The second-order valence-electron chi connectivity index (χ2n) is 8.30. The summed E-state index contributed by atoms with van der Waals surface area (Å²) in [6, 6.07) is 19.9. The zero-order chi connectivity index (χ0) is 23.2. The van der Waals surface area contributed by atoms with Crippen molar-refractivity contribution >= 4 is 17.9 Å². The summed E-state index contributed by atoms with van der Waals surface area (Å²) in [5.74, 6) is 0.0543. The number of piperazine rings is 1. The second-order valence-corrected chi connectivity index (χ2v) is 8.30. The summed E-state index contributed by atoms with van der Waals surface area (Å²) in [5, 5.41) is 4.79. The van der Waals surface area contributed by atoms with Crippen LogP contribution in [0.1, 0.15) is 5.56 Å². The van der Waals surface area contributed by atoms with E-state index in [0.717, 1.165) is 22.5 Å². The fourth-order valence-corrected chi connectivity index (χ4v) is 3.77. The summed E-state index contributed by atoms with van der Waals surface area (Å²) in [5.41, 5.74) is 3.67. The molecule has 0 N–H and O–H groups in total. The molecule has 0 bridgehead atoms. The number of carbonyl (C=O) groups is 2. The average Bonchev–Trinajstić information content (AvgIpc) is 3.28. The van der Waals surface area contributed by atoms with E-state index in [1.165, 1.54) is 0 Å². The van der Waals surface area contributed by atoms with Crippen LogP contribution in [0.2, 0.25) is 0 Å². The predicted octanol–water partition coefficient (Wildman–Crippen LogP) is 2.78. The number of carbonyl (C=O) groups excluding carboxylic acids is 2. The topological polar surface area (TPSA) is 61.7 Å². The molecule has 0 saturated carbocycles. The summed E-state index contributed by atoms with van der Waals surface area (Å²) in [4.78, 5) is 30.3. The Hall–Kier alpha value is -3.71. The Kier molecular flexibility index (Phi) is 7.00. The highest BCUT2D eigenvalue weighted by Gasteiger charge is 2.22. The average molecular weight is 444 g/mol. The van der Waals surface area contributed by atoms with Gasteiger partial charge in [0.1, 0.15) is 0 Å². The van der Waals surface area contributed by atoms with E-state index in [-0.39, 0.29) is 11.8 Å². The van der Waals surface area contributed by atoms with Gasteiger partial charge in [0.25, 0.3) is 0 Å². The second kappa shape index (κ2) is 10.3. The first-order valence-corrected chi connectivity index (χ1v) is 11.1. The maximum atomic E-state index is 12.9. The smallest absolute Gasteiger partial charge is 0.246 e. The first kappa shape index (κ1) is 22.5. The SMILES string of the molecule is CN(C)C(=O)CN1CCN(C(=O)/C=C/c2cn(-c3ccccc3)nc2-c2ccccc2)CC1. The highest BCUT2D eigenvalue weighted by molar-refractivity contribution is 5.93. The minimum Gasteiger partial charge on any atom is -0.348 e. The third-order valence-corrected chi connectivity index (χ3v) is 5.76. The fraction of sp³-hybridized carbons (Fsp3) is 0.269. The highest BCUT2D eigenvalue weighted by Crippen LogP contribution is 2.24. The number of benzene rings is 2. The van der Waals surface area contributed by atoms with Gasteiger partial charge in [-0.25, -0.2) is 4.68 Å². The number of aromatic nitrogens is 2. The van der Waals surface area contributed by atoms with Crippen molar-refractivity contribution in [1.82, 2.24) is 24.5 Å². The van der Waals surface area contributed by atoms with Crippen LogP contribution in [0.25, 0.3) is 23.0 Å². The summed E-state index contributed by atoms with van der Waals surface area (Å²) in [6.45, 7) is 3.00. The summed E-state index contributed by atoms with van der Waals surface area (Å²) < 4.78 is 1.84. The zero-order valence-corrected chi connectivity index (χ0v) is 19.1. The molecule has 170 valence electrons. The van der Waals surface area contributed by atoms with Gasteiger partial charge in [0, 0.05) is 63.7 Å². The van der Waals surface area contributed by atoms with Gasteiger partial charge in [0.05, 0.1) is 17.9 Å². The molecule has 0 spiro atoms.